The zero-order valence-electron chi connectivity index (χ0n) is 8.46. The molecule has 0 saturated heterocycles. The highest BCUT2D eigenvalue weighted by Crippen LogP contribution is 2.05. The monoisotopic (exact) mass is 214 g/mol. The van der Waals surface area contributed by atoms with Crippen LogP contribution in [0.3, 0.4) is 0 Å². The molecule has 80 valence electrons. The standard InChI is InChI=1S/C12H10N2O2/c13-12(16)9-6-7-11(15)14(8-9)10-4-2-1-3-5-10/h1-8H,(H2,13,16). The Morgan fingerprint density at radius 3 is 2.38 bits per heavy atom. The molecule has 0 aliphatic rings. The lowest BCUT2D eigenvalue weighted by Crippen LogP contribution is -2.20. The van der Waals surface area contributed by atoms with Crippen molar-refractivity contribution in [1.82, 2.24) is 4.57 Å². The Hall–Kier alpha value is -2.36. The number of para-hydroxylation sites is 1. The molecule has 0 bridgehead atoms. The molecule has 0 unspecified atom stereocenters. The summed E-state index contributed by atoms with van der Waals surface area (Å²) >= 11 is 0. The van der Waals surface area contributed by atoms with Gasteiger partial charge in [-0.2, -0.15) is 0 Å². The van der Waals surface area contributed by atoms with Crippen molar-refractivity contribution in [3.63, 3.8) is 0 Å². The van der Waals surface area contributed by atoms with Crippen LogP contribution in [0.2, 0.25) is 0 Å². The number of aromatic nitrogens is 1. The Morgan fingerprint density at radius 1 is 1.06 bits per heavy atom. The van der Waals surface area contributed by atoms with Crippen LogP contribution in [0, 0.1) is 0 Å². The molecule has 16 heavy (non-hydrogen) atoms. The van der Waals surface area contributed by atoms with Gasteiger partial charge in [0, 0.05) is 18.0 Å². The second-order valence-electron chi connectivity index (χ2n) is 3.33. The van der Waals surface area contributed by atoms with Gasteiger partial charge in [0.1, 0.15) is 0 Å². The first-order valence-corrected chi connectivity index (χ1v) is 4.76. The van der Waals surface area contributed by atoms with Crippen LogP contribution in [-0.2, 0) is 0 Å². The zero-order chi connectivity index (χ0) is 11.5. The van der Waals surface area contributed by atoms with Gasteiger partial charge in [0.25, 0.3) is 5.56 Å². The number of hydrogen-bond donors (Lipinski definition) is 1. The summed E-state index contributed by atoms with van der Waals surface area (Å²) in [5.74, 6) is -0.551. The predicted octanol–water partition coefficient (Wildman–Crippen LogP) is 0.936. The fourth-order valence-corrected chi connectivity index (χ4v) is 1.42. The third kappa shape index (κ3) is 1.86. The van der Waals surface area contributed by atoms with E-state index in [0.29, 0.717) is 11.3 Å². The van der Waals surface area contributed by atoms with Gasteiger partial charge in [0.05, 0.1) is 5.56 Å². The Bertz CT molecular complexity index is 573. The number of hydrogen-bond acceptors (Lipinski definition) is 2. The Kier molecular flexibility index (Phi) is 2.55. The predicted molar refractivity (Wildman–Crippen MR) is 60.6 cm³/mol. The third-order valence-corrected chi connectivity index (χ3v) is 2.23. The second-order valence-corrected chi connectivity index (χ2v) is 3.33. The van der Waals surface area contributed by atoms with Crippen molar-refractivity contribution in [3.8, 4) is 5.69 Å². The van der Waals surface area contributed by atoms with Crippen LogP contribution in [0.15, 0.2) is 53.5 Å². The molecule has 1 aromatic carbocycles. The Labute approximate surface area is 91.9 Å². The Morgan fingerprint density at radius 2 is 1.75 bits per heavy atom. The summed E-state index contributed by atoms with van der Waals surface area (Å²) in [7, 11) is 0. The minimum atomic E-state index is -0.551. The number of primary amides is 1. The quantitative estimate of drug-likeness (QED) is 0.808. The van der Waals surface area contributed by atoms with Crippen LogP contribution >= 0.6 is 0 Å². The first-order valence-electron chi connectivity index (χ1n) is 4.76. The van der Waals surface area contributed by atoms with Gasteiger partial charge >= 0.3 is 0 Å². The van der Waals surface area contributed by atoms with Gasteiger partial charge in [-0.1, -0.05) is 18.2 Å². The largest absolute Gasteiger partial charge is 0.366 e. The van der Waals surface area contributed by atoms with Gasteiger partial charge in [-0.15, -0.1) is 0 Å². The molecule has 2 rings (SSSR count). The van der Waals surface area contributed by atoms with Crippen molar-refractivity contribution in [1.29, 1.82) is 0 Å². The zero-order valence-corrected chi connectivity index (χ0v) is 8.46. The minimum Gasteiger partial charge on any atom is -0.366 e. The number of pyridine rings is 1. The van der Waals surface area contributed by atoms with Crippen molar-refractivity contribution < 1.29 is 4.79 Å². The van der Waals surface area contributed by atoms with E-state index in [1.54, 1.807) is 12.1 Å². The molecule has 2 N–H and O–H groups in total. The molecule has 1 amide bonds. The lowest BCUT2D eigenvalue weighted by molar-refractivity contribution is 0.0999. The summed E-state index contributed by atoms with van der Waals surface area (Å²) in [6.45, 7) is 0. The fraction of sp³-hybridized carbons (Fsp3) is 0. The summed E-state index contributed by atoms with van der Waals surface area (Å²) in [6, 6.07) is 11.8. The van der Waals surface area contributed by atoms with E-state index in [1.807, 2.05) is 18.2 Å². The average molecular weight is 214 g/mol. The normalized spacial score (nSPS) is 10.0. The maximum atomic E-state index is 11.6. The van der Waals surface area contributed by atoms with E-state index >= 15 is 0 Å². The summed E-state index contributed by atoms with van der Waals surface area (Å²) in [5.41, 5.74) is 5.97. The Balaban J connectivity index is 2.61. The summed E-state index contributed by atoms with van der Waals surface area (Å²) in [6.07, 6.45) is 1.44. The van der Waals surface area contributed by atoms with E-state index in [4.69, 9.17) is 5.73 Å². The third-order valence-electron chi connectivity index (χ3n) is 2.23. The molecule has 0 spiro atoms. The summed E-state index contributed by atoms with van der Waals surface area (Å²) in [5, 5.41) is 0. The van der Waals surface area contributed by atoms with E-state index < -0.39 is 5.91 Å². The molecular weight excluding hydrogens is 204 g/mol. The van der Waals surface area contributed by atoms with Crippen molar-refractivity contribution in [2.75, 3.05) is 0 Å². The highest BCUT2D eigenvalue weighted by atomic mass is 16.1. The molecule has 1 aromatic heterocycles. The van der Waals surface area contributed by atoms with E-state index in [2.05, 4.69) is 0 Å². The molecule has 0 saturated carbocycles. The maximum Gasteiger partial charge on any atom is 0.255 e. The van der Waals surface area contributed by atoms with Crippen LogP contribution in [0.5, 0.6) is 0 Å². The smallest absolute Gasteiger partial charge is 0.255 e. The molecule has 2 aromatic rings. The van der Waals surface area contributed by atoms with Crippen molar-refractivity contribution in [3.05, 3.63) is 64.6 Å². The SMILES string of the molecule is NC(=O)c1ccc(=O)n(-c2ccccc2)c1. The molecule has 4 heteroatoms. The van der Waals surface area contributed by atoms with E-state index in [0.717, 1.165) is 0 Å². The van der Waals surface area contributed by atoms with E-state index in [1.165, 1.54) is 22.9 Å². The van der Waals surface area contributed by atoms with Gasteiger partial charge in [-0.25, -0.2) is 0 Å². The fourth-order valence-electron chi connectivity index (χ4n) is 1.42. The lowest BCUT2D eigenvalue weighted by atomic mass is 10.2. The van der Waals surface area contributed by atoms with Crippen LogP contribution in [0.4, 0.5) is 0 Å². The number of nitrogens with two attached hydrogens (primary N) is 1. The number of carbonyl (C=O) groups excluding carboxylic acids is 1. The maximum absolute atomic E-state index is 11.6. The van der Waals surface area contributed by atoms with Gasteiger partial charge < -0.3 is 5.73 Å². The van der Waals surface area contributed by atoms with Gasteiger partial charge in [-0.3, -0.25) is 14.2 Å². The number of amides is 1. The van der Waals surface area contributed by atoms with Crippen LogP contribution in [0.1, 0.15) is 10.4 Å². The van der Waals surface area contributed by atoms with Gasteiger partial charge in [-0.05, 0) is 18.2 Å². The number of nitrogens with zero attached hydrogens (tertiary/aromatic N) is 1. The van der Waals surface area contributed by atoms with Crippen molar-refractivity contribution >= 4 is 5.91 Å². The summed E-state index contributed by atoms with van der Waals surface area (Å²) in [4.78, 5) is 22.6. The number of carbonyl (C=O) groups is 1. The molecule has 4 nitrogen and oxygen atoms in total. The van der Waals surface area contributed by atoms with E-state index in [-0.39, 0.29) is 5.56 Å². The number of benzene rings is 1. The van der Waals surface area contributed by atoms with Gasteiger partial charge in [0.15, 0.2) is 0 Å². The molecule has 1 heterocycles. The molecule has 0 atom stereocenters. The average Bonchev–Trinajstić information content (AvgIpc) is 2.30. The highest BCUT2D eigenvalue weighted by Gasteiger charge is 2.04. The van der Waals surface area contributed by atoms with Crippen LogP contribution in [-0.4, -0.2) is 10.5 Å². The van der Waals surface area contributed by atoms with Crippen LogP contribution in [0.25, 0.3) is 5.69 Å². The van der Waals surface area contributed by atoms with Gasteiger partial charge in [0.2, 0.25) is 5.91 Å². The molecular formula is C12H10N2O2. The highest BCUT2D eigenvalue weighted by molar-refractivity contribution is 5.92. The topological polar surface area (TPSA) is 65.1 Å². The number of rotatable bonds is 2. The summed E-state index contributed by atoms with van der Waals surface area (Å²) < 4.78 is 1.39. The molecule has 0 aliphatic heterocycles. The first kappa shape index (κ1) is 10.2. The van der Waals surface area contributed by atoms with Crippen LogP contribution < -0.4 is 11.3 Å². The van der Waals surface area contributed by atoms with Crippen molar-refractivity contribution in [2.45, 2.75) is 0 Å². The van der Waals surface area contributed by atoms with Crippen molar-refractivity contribution in [2.24, 2.45) is 5.73 Å². The molecule has 0 aliphatic carbocycles. The molecule has 0 radical (unpaired) electrons. The lowest BCUT2D eigenvalue weighted by Gasteiger charge is -2.05. The second kappa shape index (κ2) is 4.02. The first-order chi connectivity index (χ1) is 7.68. The molecule has 0 fully saturated rings. The minimum absolute atomic E-state index is 0.198. The van der Waals surface area contributed by atoms with E-state index in [9.17, 15) is 9.59 Å².